The van der Waals surface area contributed by atoms with Crippen molar-refractivity contribution in [1.29, 1.82) is 0 Å². The zero-order chi connectivity index (χ0) is 17.0. The average Bonchev–Trinajstić information content (AvgIpc) is 2.49. The van der Waals surface area contributed by atoms with E-state index >= 15 is 0 Å². The Kier molecular flexibility index (Phi) is 2.25. The number of hydrogen-bond acceptors (Lipinski definition) is 1. The van der Waals surface area contributed by atoms with Gasteiger partial charge < -0.3 is 5.11 Å². The highest BCUT2D eigenvalue weighted by atomic mass is 19.4. The quantitative estimate of drug-likeness (QED) is 0.758. The molecule has 0 aliphatic heterocycles. The van der Waals surface area contributed by atoms with Crippen molar-refractivity contribution in [3.05, 3.63) is 0 Å². The molecule has 0 aromatic heterocycles. The van der Waals surface area contributed by atoms with Gasteiger partial charge in [-0.2, -0.15) is 13.2 Å². The lowest BCUT2D eigenvalue weighted by Gasteiger charge is -2.85. The fraction of sp³-hybridized carbons (Fsp3) is 1.00. The van der Waals surface area contributed by atoms with Gasteiger partial charge in [-0.1, -0.05) is 0 Å². The molecule has 1 N–H and O–H groups in total. The molecule has 138 valence electrons. The van der Waals surface area contributed by atoms with E-state index in [1.165, 1.54) is 6.42 Å². The van der Waals surface area contributed by atoms with E-state index in [9.17, 15) is 18.3 Å². The molecule has 10 saturated carbocycles. The van der Waals surface area contributed by atoms with E-state index in [-0.39, 0.29) is 10.8 Å². The molecular weight excluding hydrogens is 325 g/mol. The summed E-state index contributed by atoms with van der Waals surface area (Å²) in [6.07, 6.45) is 3.22. The van der Waals surface area contributed by atoms with Crippen molar-refractivity contribution in [3.8, 4) is 0 Å². The molecule has 10 aliphatic carbocycles. The van der Waals surface area contributed by atoms with Crippen molar-refractivity contribution in [2.45, 2.75) is 69.6 Å². The average molecular weight is 352 g/mol. The molecule has 0 radical (unpaired) electrons. The summed E-state index contributed by atoms with van der Waals surface area (Å²) < 4.78 is 39.0. The van der Waals surface area contributed by atoms with Crippen LogP contribution in [0, 0.1) is 58.2 Å². The molecule has 25 heavy (non-hydrogen) atoms. The zero-order valence-electron chi connectivity index (χ0n) is 14.6. The first kappa shape index (κ1) is 14.8. The number of hydrogen-bond donors (Lipinski definition) is 1. The minimum Gasteiger partial charge on any atom is -0.390 e. The van der Waals surface area contributed by atoms with Crippen LogP contribution in [-0.4, -0.2) is 16.9 Å². The highest BCUT2D eigenvalue weighted by Crippen LogP contribution is 2.87. The van der Waals surface area contributed by atoms with Crippen LogP contribution in [0.1, 0.15) is 57.8 Å². The van der Waals surface area contributed by atoms with Gasteiger partial charge in [-0.3, -0.25) is 0 Å². The van der Waals surface area contributed by atoms with Crippen LogP contribution in [0.4, 0.5) is 13.2 Å². The largest absolute Gasteiger partial charge is 0.390 e. The summed E-state index contributed by atoms with van der Waals surface area (Å²) in [4.78, 5) is 0. The molecule has 1 nitrogen and oxygen atoms in total. The van der Waals surface area contributed by atoms with Gasteiger partial charge in [0.15, 0.2) is 0 Å². The lowest BCUT2D eigenvalue weighted by Crippen LogP contribution is -2.81. The minimum atomic E-state index is -4.02. The highest BCUT2D eigenvalue weighted by molar-refractivity contribution is 5.30. The molecule has 10 fully saturated rings. The first-order chi connectivity index (χ1) is 11.7. The van der Waals surface area contributed by atoms with Crippen molar-refractivity contribution in [3.63, 3.8) is 0 Å². The number of aliphatic hydroxyl groups is 1. The predicted octanol–water partition coefficient (Wildman–Crippen LogP) is 4.79. The van der Waals surface area contributed by atoms with Crippen LogP contribution < -0.4 is 0 Å². The Morgan fingerprint density at radius 2 is 1.36 bits per heavy atom. The summed E-state index contributed by atoms with van der Waals surface area (Å²) in [5, 5.41) is 11.3. The summed E-state index contributed by atoms with van der Waals surface area (Å²) in [6, 6.07) is 0. The molecule has 10 rings (SSSR count). The van der Waals surface area contributed by atoms with Crippen molar-refractivity contribution in [1.82, 2.24) is 0 Å². The zero-order valence-corrected chi connectivity index (χ0v) is 14.6. The second-order valence-electron chi connectivity index (χ2n) is 11.5. The maximum Gasteiger partial charge on any atom is 0.389 e. The van der Waals surface area contributed by atoms with E-state index in [1.807, 2.05) is 0 Å². The van der Waals surface area contributed by atoms with Gasteiger partial charge in [0.25, 0.3) is 0 Å². The Labute approximate surface area is 146 Å². The predicted molar refractivity (Wildman–Crippen MR) is 85.3 cm³/mol. The summed E-state index contributed by atoms with van der Waals surface area (Å²) >= 11 is 0. The normalized spacial score (nSPS) is 67.7. The maximum atomic E-state index is 13.0. The molecule has 10 aliphatic rings. The minimum absolute atomic E-state index is 0.0524. The van der Waals surface area contributed by atoms with Crippen LogP contribution in [0.25, 0.3) is 0 Å². The third-order valence-electron chi connectivity index (χ3n) is 10.8. The smallest absolute Gasteiger partial charge is 0.389 e. The summed E-state index contributed by atoms with van der Waals surface area (Å²) in [5.41, 5.74) is -0.294. The second-order valence-corrected chi connectivity index (χ2v) is 11.5. The first-order valence-corrected chi connectivity index (χ1v) is 10.5. The van der Waals surface area contributed by atoms with Crippen LogP contribution in [-0.2, 0) is 0 Å². The van der Waals surface area contributed by atoms with E-state index in [0.29, 0.717) is 30.1 Å². The molecule has 1 spiro atoms. The van der Waals surface area contributed by atoms with E-state index in [1.54, 1.807) is 0 Å². The van der Waals surface area contributed by atoms with E-state index in [2.05, 4.69) is 0 Å². The number of alkyl halides is 3. The number of halogens is 3. The van der Waals surface area contributed by atoms with Crippen molar-refractivity contribution < 1.29 is 18.3 Å². The molecule has 0 saturated heterocycles. The summed E-state index contributed by atoms with van der Waals surface area (Å²) in [5.74, 6) is 5.99. The Hall–Kier alpha value is -0.250. The first-order valence-electron chi connectivity index (χ1n) is 10.5. The Morgan fingerprint density at radius 1 is 0.800 bits per heavy atom. The van der Waals surface area contributed by atoms with Gasteiger partial charge in [-0.15, -0.1) is 0 Å². The lowest BCUT2D eigenvalue weighted by molar-refractivity contribution is -0.386. The number of rotatable bonds is 2. The van der Waals surface area contributed by atoms with E-state index in [0.717, 1.165) is 62.2 Å². The third-order valence-corrected chi connectivity index (χ3v) is 10.8. The van der Waals surface area contributed by atoms with Gasteiger partial charge in [-0.05, 0) is 110 Å². The van der Waals surface area contributed by atoms with Crippen LogP contribution >= 0.6 is 0 Å². The standard InChI is InChI=1S/C21H27F3O/c22-21(23,24)2-1-18-4-12-10-3-11-14-6-19(25)7-15(11)17(13(10)5-18)20(8-18,9-19)16(12)14/h10-17,25H,1-9H2. The van der Waals surface area contributed by atoms with Gasteiger partial charge >= 0.3 is 6.18 Å². The van der Waals surface area contributed by atoms with Gasteiger partial charge in [0.05, 0.1) is 5.60 Å². The fourth-order valence-corrected chi connectivity index (χ4v) is 11.3. The van der Waals surface area contributed by atoms with Gasteiger partial charge in [0, 0.05) is 6.42 Å². The van der Waals surface area contributed by atoms with Gasteiger partial charge in [0.2, 0.25) is 0 Å². The maximum absolute atomic E-state index is 13.0. The molecule has 0 aromatic carbocycles. The topological polar surface area (TPSA) is 20.2 Å². The van der Waals surface area contributed by atoms with Crippen LogP contribution in [0.15, 0.2) is 0 Å². The lowest BCUT2D eigenvalue weighted by atomic mass is 9.19. The van der Waals surface area contributed by atoms with Gasteiger partial charge in [-0.25, -0.2) is 0 Å². The molecule has 6 unspecified atom stereocenters. The summed E-state index contributed by atoms with van der Waals surface area (Å²) in [6.45, 7) is 0. The third kappa shape index (κ3) is 1.49. The molecule has 6 atom stereocenters. The second kappa shape index (κ2) is 3.82. The highest BCUT2D eigenvalue weighted by Gasteiger charge is 2.82. The van der Waals surface area contributed by atoms with Crippen molar-refractivity contribution >= 4 is 0 Å². The molecule has 11 bridgehead atoms. The van der Waals surface area contributed by atoms with E-state index in [4.69, 9.17) is 0 Å². The van der Waals surface area contributed by atoms with Gasteiger partial charge in [0.1, 0.15) is 0 Å². The Balaban J connectivity index is 1.35. The Bertz CT molecular complexity index is 637. The van der Waals surface area contributed by atoms with Crippen LogP contribution in [0.3, 0.4) is 0 Å². The molecule has 0 aromatic rings. The van der Waals surface area contributed by atoms with Crippen LogP contribution in [0.5, 0.6) is 0 Å². The molecule has 4 heteroatoms. The molecule has 0 heterocycles. The van der Waals surface area contributed by atoms with Crippen LogP contribution in [0.2, 0.25) is 0 Å². The van der Waals surface area contributed by atoms with Crippen molar-refractivity contribution in [2.75, 3.05) is 0 Å². The van der Waals surface area contributed by atoms with E-state index < -0.39 is 18.2 Å². The molecular formula is C21H27F3O. The monoisotopic (exact) mass is 352 g/mol. The SMILES string of the molecule is OC12CC3C4CC5C6CC7(CCC(F)(F)F)CC5C(C4C1)C(C2)(C7)C36. The summed E-state index contributed by atoms with van der Waals surface area (Å²) in [7, 11) is 0. The fourth-order valence-electron chi connectivity index (χ4n) is 11.3. The van der Waals surface area contributed by atoms with Crippen molar-refractivity contribution in [2.24, 2.45) is 58.2 Å². The Morgan fingerprint density at radius 3 is 1.92 bits per heavy atom. The molecule has 0 amide bonds.